The number of rotatable bonds is 8. The lowest BCUT2D eigenvalue weighted by Crippen LogP contribution is -2.27. The molecule has 9 heteroatoms. The molecule has 162 valence electrons. The molecule has 0 saturated carbocycles. The highest BCUT2D eigenvalue weighted by Gasteiger charge is 2.31. The Balaban J connectivity index is 1.86. The fourth-order valence-electron chi connectivity index (χ4n) is 2.80. The molecule has 31 heavy (non-hydrogen) atoms. The van der Waals surface area contributed by atoms with Crippen molar-refractivity contribution in [2.45, 2.75) is 13.5 Å². The molecule has 2 aromatic rings. The Morgan fingerprint density at radius 3 is 2.68 bits per heavy atom. The number of hydrogen-bond donors (Lipinski definition) is 0. The van der Waals surface area contributed by atoms with Crippen LogP contribution in [0.4, 0.5) is 0 Å². The summed E-state index contributed by atoms with van der Waals surface area (Å²) in [5, 5.41) is 0.959. The van der Waals surface area contributed by atoms with Crippen molar-refractivity contribution in [2.24, 2.45) is 0 Å². The Bertz CT molecular complexity index is 1070. The third-order valence-corrected chi connectivity index (χ3v) is 6.89. The number of benzene rings is 2. The minimum Gasteiger partial charge on any atom is -0.490 e. The summed E-state index contributed by atoms with van der Waals surface area (Å²) in [6.07, 6.45) is 3.44. The number of carbonyl (C=O) groups excluding carboxylic acids is 1. The lowest BCUT2D eigenvalue weighted by atomic mass is 10.1. The SMILES string of the molecule is C=CCN1C(=O)/C(=C/c2cc(Br)c(OCc3ccc(Cl)c(Cl)c3)c(OCC)c2)SC1=S. The minimum atomic E-state index is -0.135. The number of amides is 1. The number of carbonyl (C=O) groups is 1. The Hall–Kier alpha value is -1.51. The molecule has 1 saturated heterocycles. The molecule has 2 aromatic carbocycles. The Morgan fingerprint density at radius 1 is 1.23 bits per heavy atom. The van der Waals surface area contributed by atoms with Gasteiger partial charge in [0, 0.05) is 6.54 Å². The van der Waals surface area contributed by atoms with Crippen molar-refractivity contribution in [1.82, 2.24) is 4.90 Å². The summed E-state index contributed by atoms with van der Waals surface area (Å²) in [5.74, 6) is 0.984. The number of halogens is 3. The van der Waals surface area contributed by atoms with Crippen molar-refractivity contribution in [1.29, 1.82) is 0 Å². The average Bonchev–Trinajstić information content (AvgIpc) is 2.98. The maximum Gasteiger partial charge on any atom is 0.266 e. The smallest absolute Gasteiger partial charge is 0.266 e. The second kappa shape index (κ2) is 10.9. The summed E-state index contributed by atoms with van der Waals surface area (Å²) >= 11 is 22.2. The van der Waals surface area contributed by atoms with Crippen molar-refractivity contribution in [2.75, 3.05) is 13.2 Å². The summed E-state index contributed by atoms with van der Waals surface area (Å²) in [5.41, 5.74) is 1.66. The van der Waals surface area contributed by atoms with E-state index in [0.717, 1.165) is 11.1 Å². The van der Waals surface area contributed by atoms with Crippen LogP contribution in [-0.2, 0) is 11.4 Å². The Kier molecular flexibility index (Phi) is 8.47. The van der Waals surface area contributed by atoms with Crippen LogP contribution in [0.1, 0.15) is 18.1 Å². The van der Waals surface area contributed by atoms with Gasteiger partial charge in [-0.15, -0.1) is 6.58 Å². The monoisotopic (exact) mass is 557 g/mol. The molecule has 1 aliphatic rings. The van der Waals surface area contributed by atoms with E-state index in [0.29, 0.717) is 48.4 Å². The molecule has 0 radical (unpaired) electrons. The second-order valence-corrected chi connectivity index (χ2v) is 9.73. The molecule has 1 amide bonds. The fourth-order valence-corrected chi connectivity index (χ4v) is 4.97. The third-order valence-electron chi connectivity index (χ3n) is 4.18. The van der Waals surface area contributed by atoms with Gasteiger partial charge in [0.25, 0.3) is 5.91 Å². The van der Waals surface area contributed by atoms with Crippen LogP contribution in [0.25, 0.3) is 6.08 Å². The molecular weight excluding hydrogens is 541 g/mol. The van der Waals surface area contributed by atoms with E-state index >= 15 is 0 Å². The molecule has 1 heterocycles. The molecular formula is C22H18BrCl2NO3S2. The zero-order chi connectivity index (χ0) is 22.5. The maximum absolute atomic E-state index is 12.6. The van der Waals surface area contributed by atoms with Gasteiger partial charge in [-0.1, -0.05) is 59.3 Å². The van der Waals surface area contributed by atoms with Gasteiger partial charge in [-0.05, 0) is 64.3 Å². The first kappa shape index (κ1) is 24.1. The lowest BCUT2D eigenvalue weighted by Gasteiger charge is -2.15. The number of hydrogen-bond acceptors (Lipinski definition) is 5. The first-order chi connectivity index (χ1) is 14.8. The Morgan fingerprint density at radius 2 is 2.00 bits per heavy atom. The van der Waals surface area contributed by atoms with Crippen LogP contribution in [0.15, 0.2) is 52.4 Å². The molecule has 0 bridgehead atoms. The number of thioether (sulfide) groups is 1. The molecule has 0 aliphatic carbocycles. The molecule has 0 atom stereocenters. The number of nitrogens with zero attached hydrogens (tertiary/aromatic N) is 1. The van der Waals surface area contributed by atoms with Crippen molar-refractivity contribution in [3.63, 3.8) is 0 Å². The largest absolute Gasteiger partial charge is 0.490 e. The zero-order valence-electron chi connectivity index (χ0n) is 16.5. The highest BCUT2D eigenvalue weighted by atomic mass is 79.9. The van der Waals surface area contributed by atoms with Crippen LogP contribution in [-0.4, -0.2) is 28.3 Å². The quantitative estimate of drug-likeness (QED) is 0.196. The topological polar surface area (TPSA) is 38.8 Å². The van der Waals surface area contributed by atoms with E-state index in [4.69, 9.17) is 44.9 Å². The predicted molar refractivity (Wildman–Crippen MR) is 136 cm³/mol. The van der Waals surface area contributed by atoms with Crippen LogP contribution in [0.2, 0.25) is 10.0 Å². The molecule has 3 rings (SSSR count). The number of thiocarbonyl (C=S) groups is 1. The van der Waals surface area contributed by atoms with Gasteiger partial charge < -0.3 is 9.47 Å². The fraction of sp³-hybridized carbons (Fsp3) is 0.182. The van der Waals surface area contributed by atoms with E-state index in [2.05, 4.69) is 22.5 Å². The normalized spacial score (nSPS) is 15.0. The van der Waals surface area contributed by atoms with Gasteiger partial charge in [-0.3, -0.25) is 9.69 Å². The predicted octanol–water partition coefficient (Wildman–Crippen LogP) is 7.12. The van der Waals surface area contributed by atoms with E-state index in [1.54, 1.807) is 24.3 Å². The summed E-state index contributed by atoms with van der Waals surface area (Å²) in [4.78, 5) is 14.7. The van der Waals surface area contributed by atoms with E-state index in [-0.39, 0.29) is 12.5 Å². The molecule has 4 nitrogen and oxygen atoms in total. The summed E-state index contributed by atoms with van der Waals surface area (Å²) in [6, 6.07) is 9.04. The lowest BCUT2D eigenvalue weighted by molar-refractivity contribution is -0.121. The van der Waals surface area contributed by atoms with Gasteiger partial charge in [-0.25, -0.2) is 0 Å². The molecule has 0 aromatic heterocycles. The van der Waals surface area contributed by atoms with Gasteiger partial charge in [-0.2, -0.15) is 0 Å². The van der Waals surface area contributed by atoms with Crippen molar-refractivity contribution in [3.8, 4) is 11.5 Å². The van der Waals surface area contributed by atoms with Crippen LogP contribution < -0.4 is 9.47 Å². The molecule has 0 spiro atoms. The van der Waals surface area contributed by atoms with Gasteiger partial charge in [0.15, 0.2) is 11.5 Å². The van der Waals surface area contributed by atoms with E-state index in [1.165, 1.54) is 16.7 Å². The molecule has 1 fully saturated rings. The molecule has 0 N–H and O–H groups in total. The van der Waals surface area contributed by atoms with Crippen LogP contribution in [0.5, 0.6) is 11.5 Å². The van der Waals surface area contributed by atoms with E-state index < -0.39 is 0 Å². The summed E-state index contributed by atoms with van der Waals surface area (Å²) < 4.78 is 13.0. The van der Waals surface area contributed by atoms with Gasteiger partial charge >= 0.3 is 0 Å². The van der Waals surface area contributed by atoms with Gasteiger partial charge in [0.1, 0.15) is 10.9 Å². The van der Waals surface area contributed by atoms with Crippen LogP contribution in [0.3, 0.4) is 0 Å². The summed E-state index contributed by atoms with van der Waals surface area (Å²) in [7, 11) is 0. The van der Waals surface area contributed by atoms with Gasteiger partial charge in [0.05, 0.1) is 26.0 Å². The first-order valence-corrected chi connectivity index (χ1v) is 12.0. The average molecular weight is 559 g/mol. The number of ether oxygens (including phenoxy) is 2. The first-order valence-electron chi connectivity index (χ1n) is 9.23. The van der Waals surface area contributed by atoms with Crippen molar-refractivity contribution >= 4 is 79.4 Å². The Labute approximate surface area is 209 Å². The molecule has 0 unspecified atom stereocenters. The summed E-state index contributed by atoms with van der Waals surface area (Å²) in [6.45, 7) is 6.70. The van der Waals surface area contributed by atoms with Gasteiger partial charge in [0.2, 0.25) is 0 Å². The minimum absolute atomic E-state index is 0.135. The van der Waals surface area contributed by atoms with Crippen molar-refractivity contribution < 1.29 is 14.3 Å². The standard InChI is InChI=1S/C22H18BrCl2NO3S2/c1-3-7-26-21(27)19(31-22(26)30)11-14-8-15(23)20(18(10-14)28-4-2)29-12-13-5-6-16(24)17(25)9-13/h3,5-6,8-11H,1,4,7,12H2,2H3/b19-11-. The second-order valence-electron chi connectivity index (χ2n) is 6.38. The van der Waals surface area contributed by atoms with E-state index in [9.17, 15) is 4.79 Å². The molecule has 1 aliphatic heterocycles. The van der Waals surface area contributed by atoms with Crippen LogP contribution >= 0.6 is 63.1 Å². The highest BCUT2D eigenvalue weighted by Crippen LogP contribution is 2.40. The van der Waals surface area contributed by atoms with Crippen molar-refractivity contribution in [3.05, 3.63) is 73.5 Å². The zero-order valence-corrected chi connectivity index (χ0v) is 21.2. The van der Waals surface area contributed by atoms with E-state index in [1.807, 2.05) is 25.1 Å². The van der Waals surface area contributed by atoms with Crippen LogP contribution in [0, 0.1) is 0 Å². The third kappa shape index (κ3) is 5.84. The maximum atomic E-state index is 12.6. The highest BCUT2D eigenvalue weighted by molar-refractivity contribution is 9.10.